The topological polar surface area (TPSA) is 87.0 Å². The summed E-state index contributed by atoms with van der Waals surface area (Å²) in [5, 5.41) is 19.0. The first kappa shape index (κ1) is 16.4. The molecule has 0 saturated heterocycles. The Balaban J connectivity index is 2.92. The van der Waals surface area contributed by atoms with Crippen molar-refractivity contribution in [3.05, 3.63) is 11.3 Å². The van der Waals surface area contributed by atoms with Gasteiger partial charge in [0.05, 0.1) is 5.57 Å². The van der Waals surface area contributed by atoms with Crippen LogP contribution in [0.15, 0.2) is 16.3 Å². The first-order valence-electron chi connectivity index (χ1n) is 6.83. The summed E-state index contributed by atoms with van der Waals surface area (Å²) >= 11 is 0. The summed E-state index contributed by atoms with van der Waals surface area (Å²) in [4.78, 5) is 27.0. The zero-order chi connectivity index (χ0) is 15.5. The van der Waals surface area contributed by atoms with Crippen LogP contribution in [0.4, 0.5) is 0 Å². The first-order valence-corrected chi connectivity index (χ1v) is 6.83. The summed E-state index contributed by atoms with van der Waals surface area (Å²) < 4.78 is 0. The molecule has 5 heteroatoms. The fourth-order valence-corrected chi connectivity index (χ4v) is 2.28. The maximum Gasteiger partial charge on any atom is 0.328 e. The molecular weight excluding hydrogens is 258 g/mol. The lowest BCUT2D eigenvalue weighted by Crippen LogP contribution is -2.27. The predicted molar refractivity (Wildman–Crippen MR) is 77.0 cm³/mol. The van der Waals surface area contributed by atoms with Gasteiger partial charge in [-0.25, -0.2) is 4.79 Å². The fourth-order valence-electron chi connectivity index (χ4n) is 2.28. The molecule has 0 amide bonds. The Morgan fingerprint density at radius 3 is 2.45 bits per heavy atom. The summed E-state index contributed by atoms with van der Waals surface area (Å²) in [6.07, 6.45) is 2.37. The van der Waals surface area contributed by atoms with E-state index in [0.717, 1.165) is 0 Å². The van der Waals surface area contributed by atoms with Crippen molar-refractivity contribution >= 4 is 18.0 Å². The number of carbonyl (C=O) groups excluding carboxylic acids is 1. The Bertz CT molecular complexity index is 460. The first-order chi connectivity index (χ1) is 9.12. The van der Waals surface area contributed by atoms with Gasteiger partial charge in [-0.1, -0.05) is 27.7 Å². The Kier molecular flexibility index (Phi) is 5.09. The van der Waals surface area contributed by atoms with Gasteiger partial charge >= 0.3 is 5.97 Å². The number of carboxylic acid groups (broad SMARTS) is 1. The van der Waals surface area contributed by atoms with Gasteiger partial charge in [0, 0.05) is 19.1 Å². The molecule has 1 aliphatic rings. The third kappa shape index (κ3) is 4.47. The van der Waals surface area contributed by atoms with Crippen molar-refractivity contribution < 1.29 is 19.8 Å². The van der Waals surface area contributed by atoms with Crippen molar-refractivity contribution in [3.63, 3.8) is 0 Å². The maximum atomic E-state index is 12.0. The second kappa shape index (κ2) is 6.20. The largest absolute Gasteiger partial charge is 0.511 e. The molecular formula is C15H23NO4. The van der Waals surface area contributed by atoms with Crippen molar-refractivity contribution in [3.8, 4) is 0 Å². The van der Waals surface area contributed by atoms with Crippen LogP contribution in [-0.4, -0.2) is 34.2 Å². The SMILES string of the molecule is CC(C)C[C@H](N=CC1=C(O)CC(C)(C)CC1=O)C(=O)O. The van der Waals surface area contributed by atoms with Gasteiger partial charge in [0.1, 0.15) is 11.8 Å². The van der Waals surface area contributed by atoms with Gasteiger partial charge in [0.2, 0.25) is 0 Å². The van der Waals surface area contributed by atoms with Crippen LogP contribution in [0.5, 0.6) is 0 Å². The van der Waals surface area contributed by atoms with E-state index in [9.17, 15) is 14.7 Å². The van der Waals surface area contributed by atoms with Gasteiger partial charge in [-0.3, -0.25) is 9.79 Å². The van der Waals surface area contributed by atoms with Gasteiger partial charge in [0.15, 0.2) is 5.78 Å². The van der Waals surface area contributed by atoms with E-state index in [1.165, 1.54) is 6.21 Å². The van der Waals surface area contributed by atoms with Crippen LogP contribution >= 0.6 is 0 Å². The molecule has 0 fully saturated rings. The molecule has 0 bridgehead atoms. The van der Waals surface area contributed by atoms with E-state index in [1.54, 1.807) is 0 Å². The quantitative estimate of drug-likeness (QED) is 0.758. The number of rotatable bonds is 5. The van der Waals surface area contributed by atoms with Crippen molar-refractivity contribution in [1.29, 1.82) is 0 Å². The number of allylic oxidation sites excluding steroid dienone is 2. The predicted octanol–water partition coefficient (Wildman–Crippen LogP) is 2.76. The van der Waals surface area contributed by atoms with E-state index in [-0.39, 0.29) is 28.4 Å². The highest BCUT2D eigenvalue weighted by Crippen LogP contribution is 2.35. The number of aliphatic carboxylic acids is 1. The van der Waals surface area contributed by atoms with E-state index in [0.29, 0.717) is 19.3 Å². The molecule has 0 spiro atoms. The second-order valence-electron chi connectivity index (χ2n) is 6.56. The Morgan fingerprint density at radius 2 is 2.00 bits per heavy atom. The van der Waals surface area contributed by atoms with E-state index < -0.39 is 12.0 Å². The van der Waals surface area contributed by atoms with Crippen molar-refractivity contribution in [1.82, 2.24) is 0 Å². The van der Waals surface area contributed by atoms with E-state index in [2.05, 4.69) is 4.99 Å². The number of carbonyl (C=O) groups is 2. The molecule has 0 unspecified atom stereocenters. The van der Waals surface area contributed by atoms with E-state index >= 15 is 0 Å². The fraction of sp³-hybridized carbons (Fsp3) is 0.667. The smallest absolute Gasteiger partial charge is 0.328 e. The highest BCUT2D eigenvalue weighted by molar-refractivity contribution is 6.14. The summed E-state index contributed by atoms with van der Waals surface area (Å²) in [6, 6.07) is -0.877. The van der Waals surface area contributed by atoms with Crippen LogP contribution < -0.4 is 0 Å². The van der Waals surface area contributed by atoms with Crippen molar-refractivity contribution in [2.45, 2.75) is 53.0 Å². The number of carboxylic acids is 1. The molecule has 0 heterocycles. The summed E-state index contributed by atoms with van der Waals surface area (Å²) in [5.74, 6) is -1.00. The van der Waals surface area contributed by atoms with Crippen LogP contribution in [0.25, 0.3) is 0 Å². The van der Waals surface area contributed by atoms with Crippen LogP contribution in [0.2, 0.25) is 0 Å². The minimum absolute atomic E-state index is 0.00341. The average Bonchev–Trinajstić information content (AvgIpc) is 2.23. The minimum atomic E-state index is -1.02. The number of Topliss-reactive ketones (excluding diaryl/α,β-unsaturated/α-hetero) is 1. The average molecular weight is 281 g/mol. The molecule has 0 aromatic carbocycles. The van der Waals surface area contributed by atoms with Gasteiger partial charge in [0.25, 0.3) is 0 Å². The zero-order valence-electron chi connectivity index (χ0n) is 12.5. The third-order valence-electron chi connectivity index (χ3n) is 3.26. The van der Waals surface area contributed by atoms with Gasteiger partial charge < -0.3 is 10.2 Å². The molecule has 0 aromatic heterocycles. The molecule has 0 aromatic rings. The zero-order valence-corrected chi connectivity index (χ0v) is 12.5. The number of aliphatic hydroxyl groups excluding tert-OH is 1. The van der Waals surface area contributed by atoms with Crippen LogP contribution in [0.3, 0.4) is 0 Å². The summed E-state index contributed by atoms with van der Waals surface area (Å²) in [5.41, 5.74) is -0.109. The number of hydrogen-bond donors (Lipinski definition) is 2. The normalized spacial score (nSPS) is 20.8. The Hall–Kier alpha value is -1.65. The monoisotopic (exact) mass is 281 g/mol. The number of aliphatic imine (C=N–C) groups is 1. The summed E-state index contributed by atoms with van der Waals surface area (Å²) in [6.45, 7) is 7.65. The molecule has 1 rings (SSSR count). The third-order valence-corrected chi connectivity index (χ3v) is 3.26. The minimum Gasteiger partial charge on any atom is -0.511 e. The Morgan fingerprint density at radius 1 is 1.40 bits per heavy atom. The molecule has 2 N–H and O–H groups in total. The molecule has 0 radical (unpaired) electrons. The lowest BCUT2D eigenvalue weighted by Gasteiger charge is -2.28. The highest BCUT2D eigenvalue weighted by atomic mass is 16.4. The molecule has 112 valence electrons. The number of nitrogens with zero attached hydrogens (tertiary/aromatic N) is 1. The van der Waals surface area contributed by atoms with Crippen molar-refractivity contribution in [2.75, 3.05) is 0 Å². The number of aliphatic hydroxyl groups is 1. The maximum absolute atomic E-state index is 12.0. The highest BCUT2D eigenvalue weighted by Gasteiger charge is 2.32. The van der Waals surface area contributed by atoms with Crippen LogP contribution in [-0.2, 0) is 9.59 Å². The lowest BCUT2D eigenvalue weighted by molar-refractivity contribution is -0.138. The van der Waals surface area contributed by atoms with Crippen molar-refractivity contribution in [2.24, 2.45) is 16.3 Å². The second-order valence-corrected chi connectivity index (χ2v) is 6.56. The van der Waals surface area contributed by atoms with Gasteiger partial charge in [-0.05, 0) is 17.8 Å². The van der Waals surface area contributed by atoms with E-state index in [4.69, 9.17) is 5.11 Å². The summed E-state index contributed by atoms with van der Waals surface area (Å²) in [7, 11) is 0. The van der Waals surface area contributed by atoms with Crippen LogP contribution in [0, 0.1) is 11.3 Å². The molecule has 0 aliphatic heterocycles. The number of ketones is 1. The molecule has 20 heavy (non-hydrogen) atoms. The molecule has 1 aliphatic carbocycles. The van der Waals surface area contributed by atoms with E-state index in [1.807, 2.05) is 27.7 Å². The lowest BCUT2D eigenvalue weighted by atomic mass is 9.77. The molecule has 5 nitrogen and oxygen atoms in total. The number of hydrogen-bond acceptors (Lipinski definition) is 4. The molecule has 1 atom stereocenters. The molecule has 0 saturated carbocycles. The standard InChI is InChI=1S/C15H23NO4/c1-9(2)5-11(14(19)20)16-8-10-12(17)6-15(3,4)7-13(10)18/h8-9,11,17H,5-7H2,1-4H3,(H,19,20)/t11-/m0/s1. The van der Waals surface area contributed by atoms with Gasteiger partial charge in [-0.2, -0.15) is 0 Å². The van der Waals surface area contributed by atoms with Gasteiger partial charge in [-0.15, -0.1) is 0 Å². The van der Waals surface area contributed by atoms with Crippen LogP contribution in [0.1, 0.15) is 47.0 Å². The Labute approximate surface area is 119 Å².